The van der Waals surface area contributed by atoms with Crippen molar-refractivity contribution in [2.24, 2.45) is 0 Å². The summed E-state index contributed by atoms with van der Waals surface area (Å²) in [4.78, 5) is 0. The largest absolute Gasteiger partial charge is 0.473 e. The molecule has 1 rings (SSSR count). The Bertz CT molecular complexity index is 294. The number of aliphatic hydroxyl groups excluding tert-OH is 1. The van der Waals surface area contributed by atoms with E-state index in [1.54, 1.807) is 0 Å². The third-order valence-corrected chi connectivity index (χ3v) is 1.93. The molecule has 1 aromatic heterocycles. The van der Waals surface area contributed by atoms with E-state index in [9.17, 15) is 18.3 Å². The number of hydrogen-bond acceptors (Lipinski definition) is 6. The Morgan fingerprint density at radius 2 is 2.31 bits per heavy atom. The molecule has 2 N–H and O–H groups in total. The van der Waals surface area contributed by atoms with Gasteiger partial charge in [-0.15, -0.1) is 4.37 Å². The summed E-state index contributed by atoms with van der Waals surface area (Å²) >= 11 is 0.941. The van der Waals surface area contributed by atoms with Crippen LogP contribution in [0.4, 0.5) is 13.2 Å². The molecule has 0 aliphatic carbocycles. The lowest BCUT2D eigenvalue weighted by Gasteiger charge is -2.12. The predicted molar refractivity (Wildman–Crippen MR) is 50.3 cm³/mol. The smallest absolute Gasteiger partial charge is 0.401 e. The summed E-state index contributed by atoms with van der Waals surface area (Å²) in [5.74, 6) is 0.250. The lowest BCUT2D eigenvalue weighted by atomic mass is 10.4. The summed E-state index contributed by atoms with van der Waals surface area (Å²) in [5, 5.41) is 11.3. The fourth-order valence-corrected chi connectivity index (χ4v) is 1.21. The Labute approximate surface area is 93.6 Å². The molecule has 1 heterocycles. The molecule has 0 aromatic carbocycles. The summed E-state index contributed by atoms with van der Waals surface area (Å²) in [7, 11) is 0. The van der Waals surface area contributed by atoms with Crippen molar-refractivity contribution in [3.63, 3.8) is 0 Å². The fourth-order valence-electron chi connectivity index (χ4n) is 0.841. The summed E-state index contributed by atoms with van der Waals surface area (Å²) in [5.41, 5.74) is 0. The molecule has 1 unspecified atom stereocenters. The third-order valence-electron chi connectivity index (χ3n) is 1.47. The molecular formula is C7H10F3N3O2S. The molecule has 1 aromatic rings. The van der Waals surface area contributed by atoms with E-state index in [4.69, 9.17) is 4.74 Å². The number of nitrogens with zero attached hydrogens (tertiary/aromatic N) is 2. The third kappa shape index (κ3) is 5.83. The molecule has 92 valence electrons. The van der Waals surface area contributed by atoms with Crippen LogP contribution in [0.15, 0.2) is 6.20 Å². The summed E-state index contributed by atoms with van der Waals surface area (Å²) in [6.45, 7) is -1.46. The van der Waals surface area contributed by atoms with Crippen LogP contribution >= 0.6 is 11.7 Å². The highest BCUT2D eigenvalue weighted by molar-refractivity contribution is 6.99. The highest BCUT2D eigenvalue weighted by Crippen LogP contribution is 2.12. The van der Waals surface area contributed by atoms with E-state index in [2.05, 4.69) is 14.1 Å². The molecule has 0 radical (unpaired) electrons. The number of hydrogen-bond donors (Lipinski definition) is 2. The first-order valence-corrected chi connectivity index (χ1v) is 5.06. The molecular weight excluding hydrogens is 247 g/mol. The minimum atomic E-state index is -4.28. The molecule has 0 amide bonds. The number of ether oxygens (including phenoxy) is 1. The van der Waals surface area contributed by atoms with Crippen molar-refractivity contribution in [1.82, 2.24) is 14.1 Å². The van der Waals surface area contributed by atoms with E-state index in [-0.39, 0.29) is 19.0 Å². The van der Waals surface area contributed by atoms with Gasteiger partial charge in [-0.3, -0.25) is 0 Å². The van der Waals surface area contributed by atoms with Gasteiger partial charge in [0.2, 0.25) is 5.88 Å². The highest BCUT2D eigenvalue weighted by atomic mass is 32.1. The van der Waals surface area contributed by atoms with Crippen LogP contribution in [0.3, 0.4) is 0 Å². The first-order valence-electron chi connectivity index (χ1n) is 4.33. The van der Waals surface area contributed by atoms with E-state index < -0.39 is 18.8 Å². The first kappa shape index (κ1) is 13.1. The number of rotatable bonds is 6. The molecule has 16 heavy (non-hydrogen) atoms. The van der Waals surface area contributed by atoms with Crippen molar-refractivity contribution < 1.29 is 23.0 Å². The Morgan fingerprint density at radius 1 is 1.56 bits per heavy atom. The predicted octanol–water partition coefficient (Wildman–Crippen LogP) is 0.430. The number of aliphatic hydroxyl groups is 1. The van der Waals surface area contributed by atoms with Crippen molar-refractivity contribution >= 4 is 11.7 Å². The Kier molecular flexibility index (Phi) is 4.90. The van der Waals surface area contributed by atoms with Crippen LogP contribution in [0.2, 0.25) is 0 Å². The lowest BCUT2D eigenvalue weighted by Crippen LogP contribution is -2.37. The van der Waals surface area contributed by atoms with Gasteiger partial charge in [0.25, 0.3) is 0 Å². The quantitative estimate of drug-likeness (QED) is 0.773. The van der Waals surface area contributed by atoms with Crippen LogP contribution < -0.4 is 10.1 Å². The molecule has 0 fully saturated rings. The van der Waals surface area contributed by atoms with Crippen LogP contribution in [0, 0.1) is 0 Å². The number of aromatic nitrogens is 2. The molecule has 9 heteroatoms. The van der Waals surface area contributed by atoms with Gasteiger partial charge in [0.05, 0.1) is 18.3 Å². The second-order valence-corrected chi connectivity index (χ2v) is 3.51. The topological polar surface area (TPSA) is 67.3 Å². The lowest BCUT2D eigenvalue weighted by molar-refractivity contribution is -0.125. The maximum Gasteiger partial charge on any atom is 0.401 e. The Balaban J connectivity index is 2.09. The maximum absolute atomic E-state index is 11.7. The fraction of sp³-hybridized carbons (Fsp3) is 0.714. The van der Waals surface area contributed by atoms with Crippen LogP contribution in [-0.4, -0.2) is 45.8 Å². The standard InChI is InChI=1S/C7H10F3N3O2S/c8-7(9,10)4-11-1-5(14)3-15-6-2-12-16-13-6/h2,5,11,14H,1,3-4H2. The number of nitrogens with one attached hydrogen (secondary N) is 1. The molecule has 1 atom stereocenters. The zero-order chi connectivity index (χ0) is 12.0. The first-order chi connectivity index (χ1) is 7.47. The van der Waals surface area contributed by atoms with Crippen molar-refractivity contribution in [3.8, 4) is 5.88 Å². The van der Waals surface area contributed by atoms with Crippen LogP contribution in [0.5, 0.6) is 5.88 Å². The zero-order valence-electron chi connectivity index (χ0n) is 8.07. The average Bonchev–Trinajstić information content (AvgIpc) is 2.65. The molecule has 0 saturated heterocycles. The van der Waals surface area contributed by atoms with E-state index in [1.165, 1.54) is 6.20 Å². The maximum atomic E-state index is 11.7. The zero-order valence-corrected chi connectivity index (χ0v) is 8.88. The van der Waals surface area contributed by atoms with Crippen LogP contribution in [0.1, 0.15) is 0 Å². The molecule has 5 nitrogen and oxygen atoms in total. The van der Waals surface area contributed by atoms with Gasteiger partial charge in [0, 0.05) is 6.54 Å². The van der Waals surface area contributed by atoms with E-state index >= 15 is 0 Å². The van der Waals surface area contributed by atoms with Gasteiger partial charge in [-0.25, -0.2) is 0 Å². The van der Waals surface area contributed by atoms with E-state index in [1.807, 2.05) is 0 Å². The molecule has 0 aliphatic heterocycles. The highest BCUT2D eigenvalue weighted by Gasteiger charge is 2.26. The van der Waals surface area contributed by atoms with Crippen LogP contribution in [0.25, 0.3) is 0 Å². The van der Waals surface area contributed by atoms with Gasteiger partial charge < -0.3 is 15.2 Å². The second-order valence-electron chi connectivity index (χ2n) is 2.96. The monoisotopic (exact) mass is 257 g/mol. The van der Waals surface area contributed by atoms with Gasteiger partial charge in [-0.2, -0.15) is 17.5 Å². The Hall–Kier alpha value is -0.930. The molecule has 0 spiro atoms. The molecule has 0 aliphatic rings. The van der Waals surface area contributed by atoms with Gasteiger partial charge in [-0.1, -0.05) is 0 Å². The second kappa shape index (κ2) is 5.97. The van der Waals surface area contributed by atoms with Crippen molar-refractivity contribution in [2.45, 2.75) is 12.3 Å². The SMILES string of the molecule is OC(CNCC(F)(F)F)COc1cnsn1. The Morgan fingerprint density at radius 3 is 2.88 bits per heavy atom. The minimum absolute atomic E-state index is 0.129. The van der Waals surface area contributed by atoms with Crippen LogP contribution in [-0.2, 0) is 0 Å². The van der Waals surface area contributed by atoms with E-state index in [0.29, 0.717) is 0 Å². The number of halogens is 3. The van der Waals surface area contributed by atoms with Crippen molar-refractivity contribution in [2.75, 3.05) is 19.7 Å². The van der Waals surface area contributed by atoms with Gasteiger partial charge >= 0.3 is 6.18 Å². The molecule has 0 bridgehead atoms. The normalized spacial score (nSPS) is 13.8. The summed E-state index contributed by atoms with van der Waals surface area (Å²) < 4.78 is 47.5. The van der Waals surface area contributed by atoms with E-state index in [0.717, 1.165) is 11.7 Å². The summed E-state index contributed by atoms with van der Waals surface area (Å²) in [6, 6.07) is 0. The van der Waals surface area contributed by atoms with Gasteiger partial charge in [-0.05, 0) is 0 Å². The minimum Gasteiger partial charge on any atom is -0.473 e. The van der Waals surface area contributed by atoms with Gasteiger partial charge in [0.1, 0.15) is 18.9 Å². The number of alkyl halides is 3. The summed E-state index contributed by atoms with van der Waals surface area (Å²) in [6.07, 6.45) is -3.94. The molecule has 0 saturated carbocycles. The average molecular weight is 257 g/mol. The van der Waals surface area contributed by atoms with Crippen molar-refractivity contribution in [1.29, 1.82) is 0 Å². The van der Waals surface area contributed by atoms with Crippen molar-refractivity contribution in [3.05, 3.63) is 6.20 Å². The van der Waals surface area contributed by atoms with Gasteiger partial charge in [0.15, 0.2) is 0 Å².